The smallest absolute Gasteiger partial charge is 0.302 e. The number of carbonyl (C=O) groups is 3. The second-order valence-corrected chi connectivity index (χ2v) is 8.04. The van der Waals surface area contributed by atoms with Gasteiger partial charge in [-0.15, -0.1) is 0 Å². The van der Waals surface area contributed by atoms with Crippen molar-refractivity contribution in [2.75, 3.05) is 19.8 Å². The molecule has 0 aliphatic rings. The molecule has 10 heteroatoms. The minimum Gasteiger partial charge on any atom is -0.493 e. The van der Waals surface area contributed by atoms with Crippen LogP contribution in [0.3, 0.4) is 0 Å². The highest BCUT2D eigenvalue weighted by molar-refractivity contribution is 6.05. The van der Waals surface area contributed by atoms with Crippen molar-refractivity contribution >= 4 is 29.5 Å². The Morgan fingerprint density at radius 1 is 1.11 bits per heavy atom. The number of hydrogen-bond donors (Lipinski definition) is 2. The average Bonchev–Trinajstić information content (AvgIpc) is 2.82. The second kappa shape index (κ2) is 13.5. The summed E-state index contributed by atoms with van der Waals surface area (Å²) in [5, 5.41) is 16.3. The maximum absolute atomic E-state index is 12.8. The number of ether oxygens (including phenoxy) is 2. The predicted molar refractivity (Wildman–Crippen MR) is 130 cm³/mol. The van der Waals surface area contributed by atoms with E-state index in [9.17, 15) is 24.5 Å². The maximum Gasteiger partial charge on any atom is 0.302 e. The largest absolute Gasteiger partial charge is 0.493 e. The van der Waals surface area contributed by atoms with Crippen LogP contribution in [-0.4, -0.2) is 42.5 Å². The van der Waals surface area contributed by atoms with Crippen LogP contribution in [0.25, 0.3) is 6.08 Å². The summed E-state index contributed by atoms with van der Waals surface area (Å²) >= 11 is 0. The quantitative estimate of drug-likeness (QED) is 0.155. The van der Waals surface area contributed by atoms with Crippen molar-refractivity contribution in [2.45, 2.75) is 27.2 Å². The summed E-state index contributed by atoms with van der Waals surface area (Å²) in [4.78, 5) is 47.0. The van der Waals surface area contributed by atoms with Gasteiger partial charge in [0.25, 0.3) is 17.5 Å². The Morgan fingerprint density at radius 3 is 2.46 bits per heavy atom. The van der Waals surface area contributed by atoms with E-state index in [2.05, 4.69) is 10.6 Å². The molecule has 35 heavy (non-hydrogen) atoms. The number of non-ortho nitro benzene ring substituents is 1. The van der Waals surface area contributed by atoms with Crippen LogP contribution in [0, 0.1) is 16.0 Å². The van der Waals surface area contributed by atoms with E-state index >= 15 is 0 Å². The van der Waals surface area contributed by atoms with Gasteiger partial charge in [-0.05, 0) is 48.2 Å². The van der Waals surface area contributed by atoms with Crippen molar-refractivity contribution in [1.82, 2.24) is 10.6 Å². The van der Waals surface area contributed by atoms with Crippen LogP contribution in [-0.2, 0) is 14.3 Å². The molecule has 0 fully saturated rings. The van der Waals surface area contributed by atoms with Gasteiger partial charge < -0.3 is 20.1 Å². The molecule has 0 unspecified atom stereocenters. The Bertz CT molecular complexity index is 1080. The molecule has 0 bridgehead atoms. The lowest BCUT2D eigenvalue weighted by molar-refractivity contribution is -0.384. The minimum atomic E-state index is -0.593. The number of carbonyl (C=O) groups excluding carboxylic acids is 3. The van der Waals surface area contributed by atoms with Crippen LogP contribution in [0.4, 0.5) is 5.69 Å². The molecule has 0 spiro atoms. The second-order valence-electron chi connectivity index (χ2n) is 8.04. The maximum atomic E-state index is 12.8. The molecular weight excluding hydrogens is 454 g/mol. The number of nitrogens with zero attached hydrogens (tertiary/aromatic N) is 1. The standard InChI is InChI=1S/C25H29N3O7/c1-17(2)16-35-22-10-8-20(9-11-22)24(30)27-23(25(31)26-12-5-13-34-18(3)29)15-19-6-4-7-21(14-19)28(32)33/h4,6-11,14-15,17H,5,12-13,16H2,1-3H3,(H,26,31)(H,27,30)/b23-15+. The number of nitrogens with one attached hydrogen (secondary N) is 2. The summed E-state index contributed by atoms with van der Waals surface area (Å²) in [5.41, 5.74) is 0.419. The Labute approximate surface area is 203 Å². The summed E-state index contributed by atoms with van der Waals surface area (Å²) in [6, 6.07) is 12.2. The first-order chi connectivity index (χ1) is 16.7. The van der Waals surface area contributed by atoms with Gasteiger partial charge in [-0.25, -0.2) is 0 Å². The lowest BCUT2D eigenvalue weighted by Crippen LogP contribution is -2.35. The highest BCUT2D eigenvalue weighted by Gasteiger charge is 2.16. The van der Waals surface area contributed by atoms with E-state index in [0.717, 1.165) is 0 Å². The topological polar surface area (TPSA) is 137 Å². The molecule has 2 rings (SSSR count). The van der Waals surface area contributed by atoms with Gasteiger partial charge in [0.2, 0.25) is 0 Å². The number of benzene rings is 2. The normalized spacial score (nSPS) is 11.0. The third kappa shape index (κ3) is 9.66. The van der Waals surface area contributed by atoms with E-state index in [1.807, 2.05) is 13.8 Å². The summed E-state index contributed by atoms with van der Waals surface area (Å²) in [5.74, 6) is -0.577. The summed E-state index contributed by atoms with van der Waals surface area (Å²) in [7, 11) is 0. The molecule has 186 valence electrons. The van der Waals surface area contributed by atoms with Crippen molar-refractivity contribution in [3.63, 3.8) is 0 Å². The van der Waals surface area contributed by atoms with Crippen molar-refractivity contribution in [3.8, 4) is 5.75 Å². The molecular formula is C25H29N3O7. The molecule has 2 aromatic rings. The van der Waals surface area contributed by atoms with E-state index in [1.54, 1.807) is 30.3 Å². The number of amides is 2. The van der Waals surface area contributed by atoms with Crippen molar-refractivity contribution < 1.29 is 28.8 Å². The van der Waals surface area contributed by atoms with Crippen molar-refractivity contribution in [1.29, 1.82) is 0 Å². The number of hydrogen-bond acceptors (Lipinski definition) is 7. The van der Waals surface area contributed by atoms with Gasteiger partial charge in [0.05, 0.1) is 18.1 Å². The first-order valence-corrected chi connectivity index (χ1v) is 11.1. The predicted octanol–water partition coefficient (Wildman–Crippen LogP) is 3.47. The summed E-state index contributed by atoms with van der Waals surface area (Å²) in [6.07, 6.45) is 1.73. The lowest BCUT2D eigenvalue weighted by Gasteiger charge is -2.12. The zero-order valence-electron chi connectivity index (χ0n) is 19.9. The SMILES string of the molecule is CC(=O)OCCCNC(=O)/C(=C\c1cccc([N+](=O)[O-])c1)NC(=O)c1ccc(OCC(C)C)cc1. The first-order valence-electron chi connectivity index (χ1n) is 11.1. The van der Waals surface area contributed by atoms with Crippen molar-refractivity contribution in [3.05, 3.63) is 75.5 Å². The lowest BCUT2D eigenvalue weighted by atomic mass is 10.1. The van der Waals surface area contributed by atoms with Crippen LogP contribution in [0.15, 0.2) is 54.2 Å². The Kier molecular flexibility index (Phi) is 10.4. The molecule has 2 aromatic carbocycles. The molecule has 0 atom stereocenters. The monoisotopic (exact) mass is 483 g/mol. The number of nitro groups is 1. The minimum absolute atomic E-state index is 0.0943. The Balaban J connectivity index is 2.17. The van der Waals surface area contributed by atoms with Crippen LogP contribution in [0.5, 0.6) is 5.75 Å². The zero-order valence-corrected chi connectivity index (χ0v) is 19.9. The molecule has 2 amide bonds. The van der Waals surface area contributed by atoms with Gasteiger partial charge in [-0.2, -0.15) is 0 Å². The molecule has 0 saturated heterocycles. The first kappa shape index (κ1) is 27.0. The molecule has 0 heterocycles. The van der Waals surface area contributed by atoms with E-state index in [1.165, 1.54) is 31.2 Å². The highest BCUT2D eigenvalue weighted by atomic mass is 16.6. The number of rotatable bonds is 12. The molecule has 2 N–H and O–H groups in total. The van der Waals surface area contributed by atoms with Gasteiger partial charge in [0, 0.05) is 31.2 Å². The van der Waals surface area contributed by atoms with Crippen LogP contribution in [0.2, 0.25) is 0 Å². The summed E-state index contributed by atoms with van der Waals surface area (Å²) < 4.78 is 10.4. The fourth-order valence-electron chi connectivity index (χ4n) is 2.80. The van der Waals surface area contributed by atoms with E-state index in [-0.39, 0.29) is 24.5 Å². The molecule has 0 aliphatic carbocycles. The highest BCUT2D eigenvalue weighted by Crippen LogP contribution is 2.17. The van der Waals surface area contributed by atoms with Crippen molar-refractivity contribution in [2.24, 2.45) is 5.92 Å². The number of nitro benzene ring substituents is 1. The fraction of sp³-hybridized carbons (Fsp3) is 0.320. The van der Waals surface area contributed by atoms with Gasteiger partial charge in [-0.3, -0.25) is 24.5 Å². The van der Waals surface area contributed by atoms with Gasteiger partial charge in [0.15, 0.2) is 0 Å². The van der Waals surface area contributed by atoms with E-state index in [4.69, 9.17) is 9.47 Å². The van der Waals surface area contributed by atoms with Gasteiger partial charge in [0.1, 0.15) is 11.4 Å². The molecule has 10 nitrogen and oxygen atoms in total. The molecule has 0 aliphatic heterocycles. The zero-order chi connectivity index (χ0) is 25.8. The average molecular weight is 484 g/mol. The van der Waals surface area contributed by atoms with Gasteiger partial charge >= 0.3 is 5.97 Å². The molecule has 0 aromatic heterocycles. The van der Waals surface area contributed by atoms with Gasteiger partial charge in [-0.1, -0.05) is 26.0 Å². The van der Waals surface area contributed by atoms with Crippen LogP contribution in [0.1, 0.15) is 43.1 Å². The number of esters is 1. The van der Waals surface area contributed by atoms with Crippen LogP contribution < -0.4 is 15.4 Å². The third-order valence-corrected chi connectivity index (χ3v) is 4.50. The molecule has 0 saturated carbocycles. The fourth-order valence-corrected chi connectivity index (χ4v) is 2.80. The Morgan fingerprint density at radius 2 is 1.83 bits per heavy atom. The van der Waals surface area contributed by atoms with E-state index in [0.29, 0.717) is 35.8 Å². The van der Waals surface area contributed by atoms with E-state index < -0.39 is 22.7 Å². The summed E-state index contributed by atoms with van der Waals surface area (Å²) in [6.45, 7) is 6.21. The Hall–Kier alpha value is -4.21. The molecule has 0 radical (unpaired) electrons. The van der Waals surface area contributed by atoms with Crippen LogP contribution >= 0.6 is 0 Å². The third-order valence-electron chi connectivity index (χ3n) is 4.50.